The molecule has 1 aromatic rings. The van der Waals surface area contributed by atoms with Crippen LogP contribution in [-0.4, -0.2) is 19.5 Å². The molecule has 0 saturated heterocycles. The molecular weight excluding hydrogens is 299 g/mol. The third kappa shape index (κ3) is 4.07. The van der Waals surface area contributed by atoms with E-state index in [4.69, 9.17) is 0 Å². The third-order valence-corrected chi connectivity index (χ3v) is 3.36. The molecule has 0 aromatic heterocycles. The highest BCUT2D eigenvalue weighted by molar-refractivity contribution is 9.10. The topological polar surface area (TPSA) is 41.1 Å². The van der Waals surface area contributed by atoms with Gasteiger partial charge in [0.1, 0.15) is 5.82 Å². The molecule has 0 aliphatic heterocycles. The number of amides is 1. The zero-order valence-electron chi connectivity index (χ0n) is 10.8. The summed E-state index contributed by atoms with van der Waals surface area (Å²) < 4.78 is 13.7. The SMILES string of the molecule is CNC(=O)C(C)(C)CNCc1ccc(Br)c(F)c1. The second-order valence-electron chi connectivity index (χ2n) is 4.82. The van der Waals surface area contributed by atoms with E-state index < -0.39 is 5.41 Å². The van der Waals surface area contributed by atoms with E-state index in [0.717, 1.165) is 5.56 Å². The van der Waals surface area contributed by atoms with Gasteiger partial charge in [0.2, 0.25) is 5.91 Å². The van der Waals surface area contributed by atoms with Gasteiger partial charge < -0.3 is 10.6 Å². The Balaban J connectivity index is 2.51. The van der Waals surface area contributed by atoms with Crippen molar-refractivity contribution in [3.05, 3.63) is 34.1 Å². The molecule has 18 heavy (non-hydrogen) atoms. The zero-order valence-corrected chi connectivity index (χ0v) is 12.4. The maximum absolute atomic E-state index is 13.3. The quantitative estimate of drug-likeness (QED) is 0.876. The summed E-state index contributed by atoms with van der Waals surface area (Å²) in [5, 5.41) is 5.79. The van der Waals surface area contributed by atoms with Crippen molar-refractivity contribution in [2.24, 2.45) is 5.41 Å². The zero-order chi connectivity index (χ0) is 13.8. The van der Waals surface area contributed by atoms with Gasteiger partial charge in [0.25, 0.3) is 0 Å². The average Bonchev–Trinajstić information content (AvgIpc) is 2.32. The summed E-state index contributed by atoms with van der Waals surface area (Å²) in [7, 11) is 1.62. The van der Waals surface area contributed by atoms with Crippen molar-refractivity contribution >= 4 is 21.8 Å². The maximum atomic E-state index is 13.3. The molecule has 100 valence electrons. The van der Waals surface area contributed by atoms with Crippen molar-refractivity contribution in [2.45, 2.75) is 20.4 Å². The van der Waals surface area contributed by atoms with Gasteiger partial charge in [-0.1, -0.05) is 6.07 Å². The standard InChI is InChI=1S/C13H18BrFN2O/c1-13(2,12(18)16-3)8-17-7-9-4-5-10(14)11(15)6-9/h4-6,17H,7-8H2,1-3H3,(H,16,18). The predicted octanol–water partition coefficient (Wildman–Crippen LogP) is 2.45. The first-order valence-corrected chi connectivity index (χ1v) is 6.53. The van der Waals surface area contributed by atoms with Crippen LogP contribution in [0, 0.1) is 11.2 Å². The number of hydrogen-bond donors (Lipinski definition) is 2. The van der Waals surface area contributed by atoms with E-state index in [0.29, 0.717) is 17.6 Å². The second kappa shape index (κ2) is 6.29. The normalized spacial score (nSPS) is 11.4. The Kier molecular flexibility index (Phi) is 5.28. The molecule has 0 fully saturated rings. The van der Waals surface area contributed by atoms with Crippen molar-refractivity contribution in [2.75, 3.05) is 13.6 Å². The first-order chi connectivity index (χ1) is 8.36. The van der Waals surface area contributed by atoms with Crippen molar-refractivity contribution < 1.29 is 9.18 Å². The highest BCUT2D eigenvalue weighted by Crippen LogP contribution is 2.17. The Hall–Kier alpha value is -0.940. The van der Waals surface area contributed by atoms with E-state index >= 15 is 0 Å². The smallest absolute Gasteiger partial charge is 0.226 e. The Morgan fingerprint density at radius 3 is 2.67 bits per heavy atom. The van der Waals surface area contributed by atoms with Crippen LogP contribution < -0.4 is 10.6 Å². The third-order valence-electron chi connectivity index (χ3n) is 2.72. The lowest BCUT2D eigenvalue weighted by molar-refractivity contribution is -0.128. The van der Waals surface area contributed by atoms with E-state index in [1.165, 1.54) is 6.07 Å². The lowest BCUT2D eigenvalue weighted by Gasteiger charge is -2.22. The minimum atomic E-state index is -0.483. The summed E-state index contributed by atoms with van der Waals surface area (Å²) in [5.74, 6) is -0.295. The number of nitrogens with one attached hydrogen (secondary N) is 2. The molecule has 0 aliphatic carbocycles. The monoisotopic (exact) mass is 316 g/mol. The number of benzene rings is 1. The van der Waals surface area contributed by atoms with Crippen LogP contribution in [0.4, 0.5) is 4.39 Å². The van der Waals surface area contributed by atoms with Gasteiger partial charge in [0, 0.05) is 20.1 Å². The van der Waals surface area contributed by atoms with E-state index in [-0.39, 0.29) is 11.7 Å². The lowest BCUT2D eigenvalue weighted by atomic mass is 9.92. The van der Waals surface area contributed by atoms with Crippen molar-refractivity contribution in [1.29, 1.82) is 0 Å². The van der Waals surface area contributed by atoms with Gasteiger partial charge in [-0.05, 0) is 47.5 Å². The molecule has 0 atom stereocenters. The fourth-order valence-electron chi connectivity index (χ4n) is 1.59. The molecule has 2 N–H and O–H groups in total. The maximum Gasteiger partial charge on any atom is 0.226 e. The van der Waals surface area contributed by atoms with E-state index in [9.17, 15) is 9.18 Å². The summed E-state index contributed by atoms with van der Waals surface area (Å²) in [5.41, 5.74) is 0.367. The molecule has 0 radical (unpaired) electrons. The first-order valence-electron chi connectivity index (χ1n) is 5.73. The summed E-state index contributed by atoms with van der Waals surface area (Å²) in [6.45, 7) is 4.79. The van der Waals surface area contributed by atoms with E-state index in [2.05, 4.69) is 26.6 Å². The Morgan fingerprint density at radius 1 is 1.44 bits per heavy atom. The minimum Gasteiger partial charge on any atom is -0.359 e. The summed E-state index contributed by atoms with van der Waals surface area (Å²) >= 11 is 3.11. The van der Waals surface area contributed by atoms with Gasteiger partial charge in [0.15, 0.2) is 0 Å². The van der Waals surface area contributed by atoms with Crippen LogP contribution in [0.15, 0.2) is 22.7 Å². The van der Waals surface area contributed by atoms with Gasteiger partial charge in [-0.2, -0.15) is 0 Å². The summed E-state index contributed by atoms with van der Waals surface area (Å²) in [6, 6.07) is 4.99. The molecule has 3 nitrogen and oxygen atoms in total. The van der Waals surface area contributed by atoms with Gasteiger partial charge >= 0.3 is 0 Å². The van der Waals surface area contributed by atoms with Gasteiger partial charge in [-0.25, -0.2) is 4.39 Å². The molecule has 1 amide bonds. The highest BCUT2D eigenvalue weighted by Gasteiger charge is 2.25. The number of rotatable bonds is 5. The molecule has 0 unspecified atom stereocenters. The molecule has 0 spiro atoms. The molecule has 0 heterocycles. The average molecular weight is 317 g/mol. The number of carbonyl (C=O) groups excluding carboxylic acids is 1. The molecule has 1 rings (SSSR count). The van der Waals surface area contributed by atoms with Crippen LogP contribution in [-0.2, 0) is 11.3 Å². The lowest BCUT2D eigenvalue weighted by Crippen LogP contribution is -2.41. The number of hydrogen-bond acceptors (Lipinski definition) is 2. The van der Waals surface area contributed by atoms with Crippen LogP contribution >= 0.6 is 15.9 Å². The Morgan fingerprint density at radius 2 is 2.11 bits per heavy atom. The van der Waals surface area contributed by atoms with Crippen LogP contribution in [0.5, 0.6) is 0 Å². The molecule has 5 heteroatoms. The first kappa shape index (κ1) is 15.1. The Bertz CT molecular complexity index is 435. The summed E-state index contributed by atoms with van der Waals surface area (Å²) in [4.78, 5) is 11.6. The summed E-state index contributed by atoms with van der Waals surface area (Å²) in [6.07, 6.45) is 0. The van der Waals surface area contributed by atoms with E-state index in [1.807, 2.05) is 19.9 Å². The fraction of sp³-hybridized carbons (Fsp3) is 0.462. The van der Waals surface area contributed by atoms with Crippen molar-refractivity contribution in [3.63, 3.8) is 0 Å². The molecular formula is C13H18BrFN2O. The van der Waals surface area contributed by atoms with Gasteiger partial charge in [-0.15, -0.1) is 0 Å². The van der Waals surface area contributed by atoms with Crippen molar-refractivity contribution in [1.82, 2.24) is 10.6 Å². The molecule has 0 bridgehead atoms. The number of carbonyl (C=O) groups is 1. The van der Waals surface area contributed by atoms with Crippen LogP contribution in [0.3, 0.4) is 0 Å². The molecule has 0 saturated carbocycles. The van der Waals surface area contributed by atoms with Gasteiger partial charge in [0.05, 0.1) is 9.89 Å². The predicted molar refractivity (Wildman–Crippen MR) is 73.7 cm³/mol. The second-order valence-corrected chi connectivity index (χ2v) is 5.67. The van der Waals surface area contributed by atoms with Crippen LogP contribution in [0.25, 0.3) is 0 Å². The van der Waals surface area contributed by atoms with Crippen molar-refractivity contribution in [3.8, 4) is 0 Å². The largest absolute Gasteiger partial charge is 0.359 e. The highest BCUT2D eigenvalue weighted by atomic mass is 79.9. The van der Waals surface area contributed by atoms with E-state index in [1.54, 1.807) is 13.1 Å². The number of halogens is 2. The minimum absolute atomic E-state index is 0.0167. The van der Waals surface area contributed by atoms with Crippen LogP contribution in [0.2, 0.25) is 0 Å². The molecule has 1 aromatic carbocycles. The fourth-order valence-corrected chi connectivity index (χ4v) is 1.83. The van der Waals surface area contributed by atoms with Gasteiger partial charge in [-0.3, -0.25) is 4.79 Å². The van der Waals surface area contributed by atoms with Crippen LogP contribution in [0.1, 0.15) is 19.4 Å². The Labute approximate surface area is 115 Å². The molecule has 0 aliphatic rings.